The Morgan fingerprint density at radius 1 is 0.741 bits per heavy atom. The molecule has 0 radical (unpaired) electrons. The molecule has 27 heavy (non-hydrogen) atoms. The molecule has 0 aliphatic rings. The quantitative estimate of drug-likeness (QED) is 0.398. The van der Waals surface area contributed by atoms with Crippen LogP contribution in [0.2, 0.25) is 0 Å². The van der Waals surface area contributed by atoms with E-state index in [1.165, 1.54) is 0 Å². The van der Waals surface area contributed by atoms with Gasteiger partial charge in [0.05, 0.1) is 0 Å². The van der Waals surface area contributed by atoms with E-state index >= 15 is 0 Å². The molecule has 0 aliphatic carbocycles. The molecule has 4 nitrogen and oxygen atoms in total. The van der Waals surface area contributed by atoms with Crippen molar-refractivity contribution in [1.82, 2.24) is 0 Å². The molecule has 3 rings (SSSR count). The molecule has 0 heterocycles. The van der Waals surface area contributed by atoms with Gasteiger partial charge in [0.25, 0.3) is 0 Å². The summed E-state index contributed by atoms with van der Waals surface area (Å²) in [5.74, 6) is -0.290. The van der Waals surface area contributed by atoms with Gasteiger partial charge in [-0.25, -0.2) is 4.79 Å². The Hall–Kier alpha value is -2.92. The van der Waals surface area contributed by atoms with Crippen LogP contribution in [0.5, 0.6) is 5.75 Å². The molecule has 0 saturated carbocycles. The zero-order chi connectivity index (χ0) is 19.1. The van der Waals surface area contributed by atoms with Gasteiger partial charge in [-0.3, -0.25) is 4.79 Å². The molecule has 0 saturated heterocycles. The van der Waals surface area contributed by atoms with Gasteiger partial charge in [0.1, 0.15) is 5.75 Å². The predicted octanol–water partition coefficient (Wildman–Crippen LogP) is 4.92. The third-order valence-electron chi connectivity index (χ3n) is 3.85. The number of hydrogen-bond donors (Lipinski definition) is 0. The number of esters is 1. The Labute approximate surface area is 165 Å². The van der Waals surface area contributed by atoms with Crippen molar-refractivity contribution in [3.8, 4) is 16.9 Å². The second-order valence-electron chi connectivity index (χ2n) is 5.77. The number of rotatable bonds is 7. The van der Waals surface area contributed by atoms with E-state index in [2.05, 4.69) is 15.9 Å². The van der Waals surface area contributed by atoms with Gasteiger partial charge in [0, 0.05) is 10.0 Å². The summed E-state index contributed by atoms with van der Waals surface area (Å²) < 4.78 is 11.3. The molecule has 0 aromatic heterocycles. The summed E-state index contributed by atoms with van der Waals surface area (Å²) in [5, 5.41) is 0. The zero-order valence-corrected chi connectivity index (χ0v) is 16.0. The lowest BCUT2D eigenvalue weighted by molar-refractivity contribution is -0.144. The average Bonchev–Trinajstić information content (AvgIpc) is 2.72. The van der Waals surface area contributed by atoms with E-state index < -0.39 is 5.97 Å². The predicted molar refractivity (Wildman–Crippen MR) is 107 cm³/mol. The molecular formula is C22H17BrO4. The van der Waals surface area contributed by atoms with E-state index in [-0.39, 0.29) is 19.0 Å². The highest BCUT2D eigenvalue weighted by Gasteiger charge is 2.10. The zero-order valence-electron chi connectivity index (χ0n) is 14.4. The number of hydrogen-bond acceptors (Lipinski definition) is 4. The minimum Gasteiger partial charge on any atom is -0.482 e. The van der Waals surface area contributed by atoms with E-state index in [9.17, 15) is 9.59 Å². The first-order valence-corrected chi connectivity index (χ1v) is 9.14. The summed E-state index contributed by atoms with van der Waals surface area (Å²) in [6.45, 7) is -0.560. The fourth-order valence-corrected chi connectivity index (χ4v) is 2.69. The molecular weight excluding hydrogens is 408 g/mol. The van der Waals surface area contributed by atoms with Crippen molar-refractivity contribution in [2.24, 2.45) is 0 Å². The first kappa shape index (κ1) is 18.9. The standard InChI is InChI=1S/C22H17BrO4/c23-19-10-6-18(7-11-19)21(24)14-27-22(25)15-26-20-12-8-17(9-13-20)16-4-2-1-3-5-16/h1-13H,14-15H2. The van der Waals surface area contributed by atoms with E-state index in [0.29, 0.717) is 11.3 Å². The number of halogens is 1. The van der Waals surface area contributed by atoms with Crippen molar-refractivity contribution < 1.29 is 19.1 Å². The molecule has 3 aromatic rings. The molecule has 0 unspecified atom stereocenters. The topological polar surface area (TPSA) is 52.6 Å². The third kappa shape index (κ3) is 5.53. The molecule has 0 amide bonds. The number of carbonyl (C=O) groups is 2. The molecule has 136 valence electrons. The van der Waals surface area contributed by atoms with Crippen molar-refractivity contribution in [3.63, 3.8) is 0 Å². The monoisotopic (exact) mass is 424 g/mol. The van der Waals surface area contributed by atoms with Gasteiger partial charge in [-0.15, -0.1) is 0 Å². The van der Waals surface area contributed by atoms with Crippen LogP contribution in [0, 0.1) is 0 Å². The van der Waals surface area contributed by atoms with Crippen molar-refractivity contribution in [1.29, 1.82) is 0 Å². The second kappa shape index (κ2) is 9.14. The molecule has 0 atom stereocenters. The summed E-state index contributed by atoms with van der Waals surface area (Å²) in [6.07, 6.45) is 0. The van der Waals surface area contributed by atoms with E-state index in [0.717, 1.165) is 15.6 Å². The fraction of sp³-hybridized carbons (Fsp3) is 0.0909. The summed E-state index contributed by atoms with van der Waals surface area (Å²) in [5.41, 5.74) is 2.66. The maximum Gasteiger partial charge on any atom is 0.344 e. The lowest BCUT2D eigenvalue weighted by Gasteiger charge is -2.08. The summed E-state index contributed by atoms with van der Waals surface area (Å²) in [4.78, 5) is 23.8. The molecule has 0 fully saturated rings. The van der Waals surface area contributed by atoms with Crippen LogP contribution in [-0.4, -0.2) is 25.0 Å². The molecule has 0 aliphatic heterocycles. The van der Waals surface area contributed by atoms with Gasteiger partial charge in [-0.05, 0) is 35.4 Å². The van der Waals surface area contributed by atoms with E-state index in [1.54, 1.807) is 36.4 Å². The van der Waals surface area contributed by atoms with Crippen LogP contribution in [0.1, 0.15) is 10.4 Å². The molecule has 0 spiro atoms. The first-order chi connectivity index (χ1) is 13.1. The van der Waals surface area contributed by atoms with Crippen LogP contribution in [-0.2, 0) is 9.53 Å². The van der Waals surface area contributed by atoms with Crippen LogP contribution < -0.4 is 4.74 Å². The Kier molecular flexibility index (Phi) is 6.39. The van der Waals surface area contributed by atoms with E-state index in [1.807, 2.05) is 42.5 Å². The molecule has 3 aromatic carbocycles. The van der Waals surface area contributed by atoms with Gasteiger partial charge < -0.3 is 9.47 Å². The number of benzene rings is 3. The number of ether oxygens (including phenoxy) is 2. The lowest BCUT2D eigenvalue weighted by atomic mass is 10.1. The normalized spacial score (nSPS) is 10.3. The number of ketones is 1. The average molecular weight is 425 g/mol. The SMILES string of the molecule is O=C(COc1ccc(-c2ccccc2)cc1)OCC(=O)c1ccc(Br)cc1. The van der Waals surface area contributed by atoms with Crippen LogP contribution in [0.25, 0.3) is 11.1 Å². The Morgan fingerprint density at radius 2 is 1.37 bits per heavy atom. The van der Waals surface area contributed by atoms with Crippen LogP contribution in [0.15, 0.2) is 83.3 Å². The molecule has 5 heteroatoms. The summed E-state index contributed by atoms with van der Waals surface area (Å²) in [7, 11) is 0. The smallest absolute Gasteiger partial charge is 0.344 e. The van der Waals surface area contributed by atoms with Crippen LogP contribution >= 0.6 is 15.9 Å². The van der Waals surface area contributed by atoms with Crippen molar-refractivity contribution in [3.05, 3.63) is 88.9 Å². The summed E-state index contributed by atoms with van der Waals surface area (Å²) >= 11 is 3.30. The van der Waals surface area contributed by atoms with Crippen LogP contribution in [0.4, 0.5) is 0 Å². The van der Waals surface area contributed by atoms with Gasteiger partial charge >= 0.3 is 5.97 Å². The highest BCUT2D eigenvalue weighted by molar-refractivity contribution is 9.10. The highest BCUT2D eigenvalue weighted by Crippen LogP contribution is 2.22. The van der Waals surface area contributed by atoms with Crippen molar-refractivity contribution in [2.45, 2.75) is 0 Å². The van der Waals surface area contributed by atoms with E-state index in [4.69, 9.17) is 9.47 Å². The minimum absolute atomic E-state index is 0.252. The maximum atomic E-state index is 12.0. The van der Waals surface area contributed by atoms with Gasteiger partial charge in [-0.2, -0.15) is 0 Å². The van der Waals surface area contributed by atoms with Gasteiger partial charge in [0.15, 0.2) is 19.0 Å². The lowest BCUT2D eigenvalue weighted by Crippen LogP contribution is -2.19. The maximum absolute atomic E-state index is 12.0. The van der Waals surface area contributed by atoms with Gasteiger partial charge in [0.2, 0.25) is 0 Å². The van der Waals surface area contributed by atoms with Gasteiger partial charge in [-0.1, -0.05) is 70.5 Å². The van der Waals surface area contributed by atoms with Crippen molar-refractivity contribution >= 4 is 27.7 Å². The molecule has 0 N–H and O–H groups in total. The number of carbonyl (C=O) groups excluding carboxylic acids is 2. The minimum atomic E-state index is -0.590. The fourth-order valence-electron chi connectivity index (χ4n) is 2.42. The third-order valence-corrected chi connectivity index (χ3v) is 4.38. The Bertz CT molecular complexity index is 903. The number of Topliss-reactive ketones (excluding diaryl/α,β-unsaturated/α-hetero) is 1. The summed E-state index contributed by atoms with van der Waals surface area (Å²) in [6, 6.07) is 24.3. The first-order valence-electron chi connectivity index (χ1n) is 8.34. The Morgan fingerprint density at radius 3 is 2.04 bits per heavy atom. The highest BCUT2D eigenvalue weighted by atomic mass is 79.9. The largest absolute Gasteiger partial charge is 0.482 e. The van der Waals surface area contributed by atoms with Crippen LogP contribution in [0.3, 0.4) is 0 Å². The Balaban J connectivity index is 1.46. The van der Waals surface area contributed by atoms with Crippen molar-refractivity contribution in [2.75, 3.05) is 13.2 Å². The second-order valence-corrected chi connectivity index (χ2v) is 6.69. The molecule has 0 bridgehead atoms.